The molecule has 2 aromatic carbocycles. The quantitative estimate of drug-likeness (QED) is 0.577. The molecule has 1 unspecified atom stereocenters. The van der Waals surface area contributed by atoms with Crippen LogP contribution in [0.2, 0.25) is 0 Å². The number of nitrogens with one attached hydrogen (secondary N) is 2. The van der Waals surface area contributed by atoms with Crippen molar-refractivity contribution >= 4 is 17.5 Å². The van der Waals surface area contributed by atoms with Crippen LogP contribution in [0.1, 0.15) is 68.7 Å². The molecule has 7 heteroatoms. The van der Waals surface area contributed by atoms with Gasteiger partial charge in [0.25, 0.3) is 5.91 Å². The van der Waals surface area contributed by atoms with Crippen LogP contribution in [0.5, 0.6) is 0 Å². The number of hydrogen-bond acceptors (Lipinski definition) is 4. The minimum absolute atomic E-state index is 0.0156. The second kappa shape index (κ2) is 9.79. The molecule has 178 valence electrons. The van der Waals surface area contributed by atoms with Crippen LogP contribution >= 0.6 is 0 Å². The zero-order valence-corrected chi connectivity index (χ0v) is 20.4. The smallest absolute Gasteiger partial charge is 0.251 e. The fourth-order valence-corrected chi connectivity index (χ4v) is 4.15. The van der Waals surface area contributed by atoms with E-state index in [2.05, 4.69) is 46.2 Å². The molecule has 2 heterocycles. The minimum Gasteiger partial charge on any atom is -0.341 e. The molecule has 1 aliphatic heterocycles. The number of amides is 2. The lowest BCUT2D eigenvalue weighted by molar-refractivity contribution is -0.117. The number of aromatic nitrogens is 3. The number of fused-ring (bicyclic) bond motifs is 1. The molecule has 7 nitrogen and oxygen atoms in total. The molecule has 34 heavy (non-hydrogen) atoms. The summed E-state index contributed by atoms with van der Waals surface area (Å²) in [5.74, 6) is 1.29. The Morgan fingerprint density at radius 3 is 2.50 bits per heavy atom. The molecular formula is C27H33N5O2. The van der Waals surface area contributed by atoms with Crippen LogP contribution in [0, 0.1) is 0 Å². The van der Waals surface area contributed by atoms with Gasteiger partial charge in [0.2, 0.25) is 5.91 Å². The summed E-state index contributed by atoms with van der Waals surface area (Å²) in [6.45, 7) is 8.97. The third-order valence-corrected chi connectivity index (χ3v) is 6.25. The molecule has 0 bridgehead atoms. The molecule has 0 fully saturated rings. The monoisotopic (exact) mass is 459 g/mol. The van der Waals surface area contributed by atoms with Crippen molar-refractivity contribution < 1.29 is 9.59 Å². The number of hydrogen-bond donors (Lipinski definition) is 2. The van der Waals surface area contributed by atoms with Crippen molar-refractivity contribution in [2.24, 2.45) is 0 Å². The minimum atomic E-state index is -0.692. The van der Waals surface area contributed by atoms with E-state index in [1.165, 1.54) is 6.42 Å². The van der Waals surface area contributed by atoms with E-state index in [9.17, 15) is 9.59 Å². The molecule has 4 rings (SSSR count). The first-order chi connectivity index (χ1) is 16.2. The Morgan fingerprint density at radius 2 is 1.76 bits per heavy atom. The zero-order valence-electron chi connectivity index (χ0n) is 20.4. The fourth-order valence-electron chi connectivity index (χ4n) is 4.15. The second-order valence-electron chi connectivity index (χ2n) is 9.99. The Balaban J connectivity index is 1.41. The maximum absolute atomic E-state index is 12.8. The Kier molecular flexibility index (Phi) is 6.82. The van der Waals surface area contributed by atoms with Crippen LogP contribution in [0.3, 0.4) is 0 Å². The lowest BCUT2D eigenvalue weighted by Gasteiger charge is -2.19. The molecule has 3 aromatic rings. The normalized spacial score (nSPS) is 14.6. The lowest BCUT2D eigenvalue weighted by atomic mass is 9.86. The van der Waals surface area contributed by atoms with Crippen molar-refractivity contribution in [1.82, 2.24) is 20.1 Å². The highest BCUT2D eigenvalue weighted by Gasteiger charge is 2.20. The summed E-state index contributed by atoms with van der Waals surface area (Å²) in [5.41, 5.74) is 3.27. The molecule has 0 radical (unpaired) electrons. The molecule has 0 aliphatic carbocycles. The van der Waals surface area contributed by atoms with Gasteiger partial charge in [0.05, 0.1) is 0 Å². The molecule has 1 aromatic heterocycles. The van der Waals surface area contributed by atoms with Crippen LogP contribution in [0.4, 0.5) is 5.69 Å². The summed E-state index contributed by atoms with van der Waals surface area (Å²) in [7, 11) is 0. The number of carbonyl (C=O) groups is 2. The number of rotatable bonds is 5. The first-order valence-corrected chi connectivity index (χ1v) is 12.0. The first kappa shape index (κ1) is 23.7. The van der Waals surface area contributed by atoms with E-state index in [4.69, 9.17) is 0 Å². The van der Waals surface area contributed by atoms with Gasteiger partial charge < -0.3 is 15.2 Å². The molecule has 2 amide bonds. The highest BCUT2D eigenvalue weighted by Crippen LogP contribution is 2.25. The molecule has 2 N–H and O–H groups in total. The van der Waals surface area contributed by atoms with Crippen LogP contribution in [-0.2, 0) is 23.2 Å². The molecule has 0 spiro atoms. The van der Waals surface area contributed by atoms with Crippen molar-refractivity contribution in [2.45, 2.75) is 71.4 Å². The van der Waals surface area contributed by atoms with E-state index in [0.29, 0.717) is 11.3 Å². The SMILES string of the molecule is CC(NC(=O)c1ccc(C(C)(C)C)cc1)C(=O)Nc1cccc(-c2nnc3n2CCCCC3)c1. The Hall–Kier alpha value is -3.48. The molecule has 1 atom stereocenters. The summed E-state index contributed by atoms with van der Waals surface area (Å²) in [5, 5.41) is 14.5. The predicted molar refractivity (Wildman–Crippen MR) is 134 cm³/mol. The van der Waals surface area contributed by atoms with E-state index in [1.807, 2.05) is 36.4 Å². The molecule has 1 aliphatic rings. The van der Waals surface area contributed by atoms with E-state index >= 15 is 0 Å². The summed E-state index contributed by atoms with van der Waals surface area (Å²) < 4.78 is 2.18. The summed E-state index contributed by atoms with van der Waals surface area (Å²) >= 11 is 0. The average molecular weight is 460 g/mol. The first-order valence-electron chi connectivity index (χ1n) is 12.0. The van der Waals surface area contributed by atoms with Gasteiger partial charge in [-0.1, -0.05) is 51.5 Å². The van der Waals surface area contributed by atoms with Crippen LogP contribution in [-0.4, -0.2) is 32.6 Å². The van der Waals surface area contributed by atoms with Gasteiger partial charge in [-0.25, -0.2) is 0 Å². The van der Waals surface area contributed by atoms with Gasteiger partial charge in [0.1, 0.15) is 11.9 Å². The zero-order chi connectivity index (χ0) is 24.3. The van der Waals surface area contributed by atoms with Gasteiger partial charge >= 0.3 is 0 Å². The largest absolute Gasteiger partial charge is 0.341 e. The standard InChI is InChI=1S/C27H33N5O2/c1-18(28-26(34)19-12-14-21(15-13-19)27(2,3)4)25(33)29-22-10-8-9-20(17-22)24-31-30-23-11-6-5-7-16-32(23)24/h8-10,12-15,17-18H,5-7,11,16H2,1-4H3,(H,28,34)(H,29,33). The predicted octanol–water partition coefficient (Wildman–Crippen LogP) is 4.73. The topological polar surface area (TPSA) is 88.9 Å². The van der Waals surface area contributed by atoms with Gasteiger partial charge in [-0.15, -0.1) is 10.2 Å². The summed E-state index contributed by atoms with van der Waals surface area (Å²) in [6, 6.07) is 14.4. The van der Waals surface area contributed by atoms with E-state index < -0.39 is 6.04 Å². The Labute approximate surface area is 201 Å². The Bertz CT molecular complexity index is 1170. The van der Waals surface area contributed by atoms with Gasteiger partial charge in [-0.3, -0.25) is 9.59 Å². The maximum Gasteiger partial charge on any atom is 0.251 e. The average Bonchev–Trinajstić information content (AvgIpc) is 3.07. The number of benzene rings is 2. The van der Waals surface area contributed by atoms with Crippen LogP contribution in [0.25, 0.3) is 11.4 Å². The summed E-state index contributed by atoms with van der Waals surface area (Å²) in [4.78, 5) is 25.4. The van der Waals surface area contributed by atoms with Crippen molar-refractivity contribution in [3.63, 3.8) is 0 Å². The van der Waals surface area contributed by atoms with E-state index in [-0.39, 0.29) is 17.2 Å². The molecule has 0 saturated heterocycles. The van der Waals surface area contributed by atoms with Gasteiger partial charge in [-0.2, -0.15) is 0 Å². The van der Waals surface area contributed by atoms with Crippen molar-refractivity contribution in [1.29, 1.82) is 0 Å². The highest BCUT2D eigenvalue weighted by atomic mass is 16.2. The molecular weight excluding hydrogens is 426 g/mol. The van der Waals surface area contributed by atoms with Crippen LogP contribution < -0.4 is 10.6 Å². The summed E-state index contributed by atoms with van der Waals surface area (Å²) in [6.07, 6.45) is 4.39. The number of carbonyl (C=O) groups excluding carboxylic acids is 2. The van der Waals surface area contributed by atoms with Crippen molar-refractivity contribution in [2.75, 3.05) is 5.32 Å². The highest BCUT2D eigenvalue weighted by molar-refractivity contribution is 6.01. The number of aryl methyl sites for hydroxylation is 1. The Morgan fingerprint density at radius 1 is 1.00 bits per heavy atom. The van der Waals surface area contributed by atoms with Crippen molar-refractivity contribution in [3.05, 3.63) is 65.5 Å². The maximum atomic E-state index is 12.8. The third-order valence-electron chi connectivity index (χ3n) is 6.25. The van der Waals surface area contributed by atoms with E-state index in [0.717, 1.165) is 48.6 Å². The van der Waals surface area contributed by atoms with Crippen molar-refractivity contribution in [3.8, 4) is 11.4 Å². The van der Waals surface area contributed by atoms with Gasteiger partial charge in [0, 0.05) is 29.8 Å². The second-order valence-corrected chi connectivity index (χ2v) is 9.99. The number of anilines is 1. The van der Waals surface area contributed by atoms with Gasteiger partial charge in [-0.05, 0) is 55.0 Å². The van der Waals surface area contributed by atoms with E-state index in [1.54, 1.807) is 19.1 Å². The third kappa shape index (κ3) is 5.35. The number of nitrogens with zero attached hydrogens (tertiary/aromatic N) is 3. The fraction of sp³-hybridized carbons (Fsp3) is 0.407. The molecule has 0 saturated carbocycles. The van der Waals surface area contributed by atoms with Crippen LogP contribution in [0.15, 0.2) is 48.5 Å². The lowest BCUT2D eigenvalue weighted by Crippen LogP contribution is -2.41. The van der Waals surface area contributed by atoms with Gasteiger partial charge in [0.15, 0.2) is 5.82 Å².